The number of nitriles is 2. The van der Waals surface area contributed by atoms with E-state index in [1.165, 1.54) is 48.5 Å². The SMILES string of the molecule is N#Cc1ccc(C(=O)OC2=NOCC2OC(=O)c2ccc(C#N)cc2)cc1. The Balaban J connectivity index is 1.64. The first-order chi connectivity index (χ1) is 13.1. The van der Waals surface area contributed by atoms with Crippen LogP contribution in [0, 0.1) is 22.7 Å². The van der Waals surface area contributed by atoms with Gasteiger partial charge in [-0.05, 0) is 53.7 Å². The van der Waals surface area contributed by atoms with Crippen molar-refractivity contribution in [1.82, 2.24) is 0 Å². The molecule has 0 amide bonds. The highest BCUT2D eigenvalue weighted by molar-refractivity contribution is 6.01. The molecule has 0 aromatic heterocycles. The van der Waals surface area contributed by atoms with Gasteiger partial charge in [0.15, 0.2) is 6.61 Å². The summed E-state index contributed by atoms with van der Waals surface area (Å²) in [7, 11) is 0. The Kier molecular flexibility index (Phi) is 5.10. The Morgan fingerprint density at radius 1 is 0.926 bits per heavy atom. The van der Waals surface area contributed by atoms with Gasteiger partial charge >= 0.3 is 11.9 Å². The molecule has 1 unspecified atom stereocenters. The Morgan fingerprint density at radius 3 is 1.96 bits per heavy atom. The summed E-state index contributed by atoms with van der Waals surface area (Å²) in [5.74, 6) is -1.56. The first-order valence-electron chi connectivity index (χ1n) is 7.74. The number of rotatable bonds is 3. The van der Waals surface area contributed by atoms with Crippen molar-refractivity contribution in [3.8, 4) is 12.1 Å². The van der Waals surface area contributed by atoms with Crippen LogP contribution in [0.25, 0.3) is 0 Å². The van der Waals surface area contributed by atoms with Gasteiger partial charge in [0, 0.05) is 0 Å². The molecule has 0 aliphatic carbocycles. The second-order valence-corrected chi connectivity index (χ2v) is 5.39. The molecule has 1 aliphatic rings. The summed E-state index contributed by atoms with van der Waals surface area (Å²) in [5.41, 5.74) is 1.26. The fourth-order valence-corrected chi connectivity index (χ4v) is 2.18. The third-order valence-electron chi connectivity index (χ3n) is 3.60. The number of benzene rings is 2. The number of ether oxygens (including phenoxy) is 2. The minimum atomic E-state index is -0.976. The molecule has 2 aromatic rings. The van der Waals surface area contributed by atoms with Crippen molar-refractivity contribution in [3.63, 3.8) is 0 Å². The van der Waals surface area contributed by atoms with Crippen LogP contribution in [0.15, 0.2) is 53.7 Å². The van der Waals surface area contributed by atoms with Crippen molar-refractivity contribution in [2.75, 3.05) is 6.61 Å². The molecule has 0 N–H and O–H groups in total. The molecule has 3 rings (SSSR count). The highest BCUT2D eigenvalue weighted by Gasteiger charge is 2.31. The number of oxime groups is 1. The van der Waals surface area contributed by atoms with Gasteiger partial charge in [-0.3, -0.25) is 0 Å². The zero-order valence-corrected chi connectivity index (χ0v) is 13.8. The monoisotopic (exact) mass is 361 g/mol. The zero-order valence-electron chi connectivity index (χ0n) is 13.8. The van der Waals surface area contributed by atoms with Crippen LogP contribution >= 0.6 is 0 Å². The van der Waals surface area contributed by atoms with Crippen LogP contribution in [0.2, 0.25) is 0 Å². The van der Waals surface area contributed by atoms with Gasteiger partial charge in [-0.15, -0.1) is 0 Å². The predicted molar refractivity (Wildman–Crippen MR) is 90.3 cm³/mol. The van der Waals surface area contributed by atoms with E-state index in [4.69, 9.17) is 24.8 Å². The van der Waals surface area contributed by atoms with Crippen LogP contribution < -0.4 is 0 Å². The smallest absolute Gasteiger partial charge is 0.344 e. The first kappa shape index (κ1) is 17.6. The van der Waals surface area contributed by atoms with Crippen LogP contribution in [-0.2, 0) is 14.3 Å². The minimum Gasteiger partial charge on any atom is -0.445 e. The van der Waals surface area contributed by atoms with Crippen molar-refractivity contribution in [2.45, 2.75) is 6.10 Å². The van der Waals surface area contributed by atoms with E-state index in [-0.39, 0.29) is 23.6 Å². The molecule has 0 bridgehead atoms. The molecule has 0 radical (unpaired) electrons. The summed E-state index contributed by atoms with van der Waals surface area (Å²) in [6.45, 7) is -0.0853. The summed E-state index contributed by atoms with van der Waals surface area (Å²) < 4.78 is 10.4. The van der Waals surface area contributed by atoms with E-state index in [0.717, 1.165) is 0 Å². The Bertz CT molecular complexity index is 982. The molecule has 8 nitrogen and oxygen atoms in total. The number of esters is 2. The highest BCUT2D eigenvalue weighted by Crippen LogP contribution is 2.14. The molecule has 2 aromatic carbocycles. The van der Waals surface area contributed by atoms with Crippen molar-refractivity contribution in [3.05, 3.63) is 70.8 Å². The molecular formula is C19H11N3O5. The molecular weight excluding hydrogens is 350 g/mol. The van der Waals surface area contributed by atoms with Crippen LogP contribution in [0.5, 0.6) is 0 Å². The normalized spacial score (nSPS) is 14.9. The highest BCUT2D eigenvalue weighted by atomic mass is 16.7. The standard InChI is InChI=1S/C19H11N3O5/c20-9-12-1-5-14(6-2-12)18(23)26-16-11-25-22-17(16)27-19(24)15-7-3-13(10-21)4-8-15/h1-8,16H,11H2. The molecule has 1 aliphatic heterocycles. The number of nitrogens with zero attached hydrogens (tertiary/aromatic N) is 3. The van der Waals surface area contributed by atoms with Gasteiger partial charge in [0.2, 0.25) is 6.10 Å². The van der Waals surface area contributed by atoms with E-state index >= 15 is 0 Å². The zero-order chi connectivity index (χ0) is 19.2. The molecule has 1 atom stereocenters. The summed E-state index contributed by atoms with van der Waals surface area (Å²) in [5, 5.41) is 21.1. The maximum Gasteiger partial charge on any atom is 0.344 e. The van der Waals surface area contributed by atoms with E-state index in [1.54, 1.807) is 0 Å². The van der Waals surface area contributed by atoms with E-state index < -0.39 is 18.0 Å². The van der Waals surface area contributed by atoms with Gasteiger partial charge in [0.05, 0.1) is 34.4 Å². The van der Waals surface area contributed by atoms with Crippen LogP contribution in [0.1, 0.15) is 31.8 Å². The number of carbonyl (C=O) groups is 2. The van der Waals surface area contributed by atoms with Gasteiger partial charge in [-0.2, -0.15) is 10.5 Å². The van der Waals surface area contributed by atoms with Gasteiger partial charge in [-0.1, -0.05) is 0 Å². The lowest BCUT2D eigenvalue weighted by Crippen LogP contribution is -2.30. The lowest BCUT2D eigenvalue weighted by molar-refractivity contribution is 0.0262. The molecule has 0 spiro atoms. The second kappa shape index (κ2) is 7.81. The number of hydrogen-bond acceptors (Lipinski definition) is 8. The largest absolute Gasteiger partial charge is 0.445 e. The van der Waals surface area contributed by atoms with Crippen LogP contribution in [0.4, 0.5) is 0 Å². The van der Waals surface area contributed by atoms with E-state index in [0.29, 0.717) is 11.1 Å². The topological polar surface area (TPSA) is 122 Å². The fraction of sp³-hybridized carbons (Fsp3) is 0.105. The molecule has 27 heavy (non-hydrogen) atoms. The van der Waals surface area contributed by atoms with E-state index in [9.17, 15) is 9.59 Å². The van der Waals surface area contributed by atoms with Crippen molar-refractivity contribution in [1.29, 1.82) is 10.5 Å². The summed E-state index contributed by atoms with van der Waals surface area (Å²) >= 11 is 0. The van der Waals surface area contributed by atoms with Gasteiger partial charge in [0.1, 0.15) is 0 Å². The third-order valence-corrected chi connectivity index (χ3v) is 3.60. The number of carbonyl (C=O) groups excluding carboxylic acids is 2. The molecule has 8 heteroatoms. The Hall–Kier alpha value is -4.17. The lowest BCUT2D eigenvalue weighted by atomic mass is 10.1. The van der Waals surface area contributed by atoms with Gasteiger partial charge in [0.25, 0.3) is 5.90 Å². The Labute approximate surface area is 153 Å². The lowest BCUT2D eigenvalue weighted by Gasteiger charge is -2.12. The third kappa shape index (κ3) is 4.09. The summed E-state index contributed by atoms with van der Waals surface area (Å²) in [4.78, 5) is 29.2. The van der Waals surface area contributed by atoms with E-state index in [2.05, 4.69) is 5.16 Å². The quantitative estimate of drug-likeness (QED) is 0.768. The van der Waals surface area contributed by atoms with Gasteiger partial charge in [-0.25, -0.2) is 9.59 Å². The predicted octanol–water partition coefficient (Wildman–Crippen LogP) is 2.16. The fourth-order valence-electron chi connectivity index (χ4n) is 2.18. The second-order valence-electron chi connectivity index (χ2n) is 5.39. The molecule has 1 heterocycles. The van der Waals surface area contributed by atoms with Crippen molar-refractivity contribution < 1.29 is 23.9 Å². The maximum absolute atomic E-state index is 12.2. The average Bonchev–Trinajstić information content (AvgIpc) is 3.14. The van der Waals surface area contributed by atoms with Crippen LogP contribution in [-0.4, -0.2) is 30.5 Å². The molecule has 0 saturated heterocycles. The molecule has 132 valence electrons. The van der Waals surface area contributed by atoms with Gasteiger partial charge < -0.3 is 14.3 Å². The van der Waals surface area contributed by atoms with E-state index in [1.807, 2.05) is 12.1 Å². The molecule has 0 saturated carbocycles. The summed E-state index contributed by atoms with van der Waals surface area (Å²) in [6, 6.07) is 15.6. The van der Waals surface area contributed by atoms with Crippen molar-refractivity contribution in [2.24, 2.45) is 5.16 Å². The Morgan fingerprint density at radius 2 is 1.44 bits per heavy atom. The minimum absolute atomic E-state index is 0.0853. The summed E-state index contributed by atoms with van der Waals surface area (Å²) in [6.07, 6.45) is -0.976. The average molecular weight is 361 g/mol. The first-order valence-corrected chi connectivity index (χ1v) is 7.74. The number of hydrogen-bond donors (Lipinski definition) is 0. The van der Waals surface area contributed by atoms with Crippen LogP contribution in [0.3, 0.4) is 0 Å². The molecule has 0 fully saturated rings. The maximum atomic E-state index is 12.2. The van der Waals surface area contributed by atoms with Crippen molar-refractivity contribution >= 4 is 17.8 Å².